The summed E-state index contributed by atoms with van der Waals surface area (Å²) in [6.07, 6.45) is 3.05. The van der Waals surface area contributed by atoms with Crippen LogP contribution in [0.5, 0.6) is 0 Å². The van der Waals surface area contributed by atoms with E-state index in [1.54, 1.807) is 12.1 Å². The van der Waals surface area contributed by atoms with Crippen molar-refractivity contribution in [2.75, 3.05) is 6.54 Å². The summed E-state index contributed by atoms with van der Waals surface area (Å²) in [5.74, 6) is -1.01. The zero-order valence-electron chi connectivity index (χ0n) is 12.4. The summed E-state index contributed by atoms with van der Waals surface area (Å²) in [7, 11) is -3.86. The van der Waals surface area contributed by atoms with E-state index in [-0.39, 0.29) is 29.4 Å². The molecule has 3 rings (SSSR count). The Morgan fingerprint density at radius 1 is 1.38 bits per heavy atom. The third kappa shape index (κ3) is 2.73. The van der Waals surface area contributed by atoms with Crippen LogP contribution in [-0.4, -0.2) is 35.1 Å². The lowest BCUT2D eigenvalue weighted by molar-refractivity contribution is 0.0989. The van der Waals surface area contributed by atoms with Crippen molar-refractivity contribution in [3.8, 4) is 6.07 Å². The first-order chi connectivity index (χ1) is 11.4. The number of rotatable bonds is 3. The number of amides is 1. The number of carbonyl (C=O) groups is 1. The molecule has 2 aromatic rings. The molecule has 1 aromatic heterocycles. The highest BCUT2D eigenvalue weighted by Gasteiger charge is 2.31. The molecule has 24 heavy (non-hydrogen) atoms. The molecule has 1 aliphatic heterocycles. The number of primary amides is 1. The van der Waals surface area contributed by atoms with Crippen LogP contribution in [-0.2, 0) is 23.0 Å². The first-order valence-corrected chi connectivity index (χ1v) is 8.44. The van der Waals surface area contributed by atoms with E-state index in [4.69, 9.17) is 11.0 Å². The van der Waals surface area contributed by atoms with Gasteiger partial charge in [-0.3, -0.25) is 4.79 Å². The fourth-order valence-electron chi connectivity index (χ4n) is 2.46. The molecule has 1 amide bonds. The van der Waals surface area contributed by atoms with Gasteiger partial charge in [-0.25, -0.2) is 18.4 Å². The lowest BCUT2D eigenvalue weighted by Gasteiger charge is -2.27. The molecule has 2 heterocycles. The molecule has 2 N–H and O–H groups in total. The second-order valence-electron chi connectivity index (χ2n) is 5.15. The Hall–Kier alpha value is -2.83. The lowest BCUT2D eigenvalue weighted by Crippen LogP contribution is -2.37. The molecule has 0 unspecified atom stereocenters. The van der Waals surface area contributed by atoms with Crippen LogP contribution in [0.4, 0.5) is 0 Å². The minimum Gasteiger partial charge on any atom is -0.363 e. The predicted octanol–water partition coefficient (Wildman–Crippen LogP) is -0.00563. The van der Waals surface area contributed by atoms with Crippen LogP contribution in [0.2, 0.25) is 0 Å². The second-order valence-corrected chi connectivity index (χ2v) is 7.05. The Morgan fingerprint density at radius 3 is 2.83 bits per heavy atom. The lowest BCUT2D eigenvalue weighted by atomic mass is 10.1. The summed E-state index contributed by atoms with van der Waals surface area (Å²) in [6, 6.07) is 7.89. The van der Waals surface area contributed by atoms with Crippen molar-refractivity contribution in [3.63, 3.8) is 0 Å². The summed E-state index contributed by atoms with van der Waals surface area (Å²) in [5.41, 5.74) is 6.27. The van der Waals surface area contributed by atoms with Crippen molar-refractivity contribution in [3.05, 3.63) is 53.1 Å². The Labute approximate surface area is 138 Å². The SMILES string of the molecule is N#Cc1ccccc1S(=O)(=O)N1CCc2[c]nc(C(N)=O)nc2C1. The fraction of sp³-hybridized carbons (Fsp3) is 0.200. The molecule has 0 saturated heterocycles. The first-order valence-electron chi connectivity index (χ1n) is 7.00. The van der Waals surface area contributed by atoms with E-state index in [9.17, 15) is 13.2 Å². The number of nitrogens with two attached hydrogens (primary N) is 1. The number of nitriles is 1. The largest absolute Gasteiger partial charge is 0.363 e. The Balaban J connectivity index is 1.99. The van der Waals surface area contributed by atoms with Gasteiger partial charge in [0.1, 0.15) is 6.07 Å². The summed E-state index contributed by atoms with van der Waals surface area (Å²) in [6.45, 7) is 0.182. The van der Waals surface area contributed by atoms with Gasteiger partial charge in [-0.2, -0.15) is 9.57 Å². The molecule has 1 aromatic carbocycles. The van der Waals surface area contributed by atoms with Crippen LogP contribution in [0.15, 0.2) is 29.2 Å². The third-order valence-corrected chi connectivity index (χ3v) is 5.57. The molecule has 0 bridgehead atoms. The molecule has 0 spiro atoms. The van der Waals surface area contributed by atoms with Gasteiger partial charge in [0.2, 0.25) is 15.8 Å². The zero-order chi connectivity index (χ0) is 17.3. The molecular formula is C15H12N5O3S. The zero-order valence-corrected chi connectivity index (χ0v) is 13.2. The molecule has 0 atom stereocenters. The van der Waals surface area contributed by atoms with Gasteiger partial charge in [-0.1, -0.05) is 12.1 Å². The van der Waals surface area contributed by atoms with Crippen LogP contribution in [0.25, 0.3) is 0 Å². The molecule has 9 heteroatoms. The third-order valence-electron chi connectivity index (χ3n) is 3.67. The fourth-order valence-corrected chi connectivity index (χ4v) is 4.00. The van der Waals surface area contributed by atoms with Crippen molar-refractivity contribution < 1.29 is 13.2 Å². The molecule has 121 valence electrons. The van der Waals surface area contributed by atoms with E-state index >= 15 is 0 Å². The van der Waals surface area contributed by atoms with E-state index in [0.29, 0.717) is 17.7 Å². The predicted molar refractivity (Wildman–Crippen MR) is 81.8 cm³/mol. The highest BCUT2D eigenvalue weighted by atomic mass is 32.2. The normalized spacial score (nSPS) is 14.6. The Morgan fingerprint density at radius 2 is 2.12 bits per heavy atom. The van der Waals surface area contributed by atoms with Crippen molar-refractivity contribution in [2.45, 2.75) is 17.9 Å². The van der Waals surface area contributed by atoms with E-state index in [0.717, 1.165) is 0 Å². The van der Waals surface area contributed by atoms with Crippen LogP contribution in [0.3, 0.4) is 0 Å². The molecule has 0 saturated carbocycles. The van der Waals surface area contributed by atoms with E-state index in [1.807, 2.05) is 6.07 Å². The molecular weight excluding hydrogens is 330 g/mol. The minimum absolute atomic E-state index is 0.0310. The van der Waals surface area contributed by atoms with Crippen molar-refractivity contribution in [2.24, 2.45) is 5.73 Å². The number of hydrogen-bond donors (Lipinski definition) is 1. The van der Waals surface area contributed by atoms with Gasteiger partial charge >= 0.3 is 0 Å². The number of fused-ring (bicyclic) bond motifs is 1. The quantitative estimate of drug-likeness (QED) is 0.835. The van der Waals surface area contributed by atoms with Crippen molar-refractivity contribution >= 4 is 15.9 Å². The maximum Gasteiger partial charge on any atom is 0.286 e. The number of nitrogens with zero attached hydrogens (tertiary/aromatic N) is 4. The highest BCUT2D eigenvalue weighted by molar-refractivity contribution is 7.89. The monoisotopic (exact) mass is 342 g/mol. The minimum atomic E-state index is -3.86. The van der Waals surface area contributed by atoms with Gasteiger partial charge in [-0.05, 0) is 18.6 Å². The van der Waals surface area contributed by atoms with Crippen LogP contribution in [0.1, 0.15) is 27.4 Å². The number of sulfonamides is 1. The molecule has 8 nitrogen and oxygen atoms in total. The van der Waals surface area contributed by atoms with Gasteiger partial charge in [0.15, 0.2) is 0 Å². The van der Waals surface area contributed by atoms with Crippen LogP contribution >= 0.6 is 0 Å². The van der Waals surface area contributed by atoms with Crippen molar-refractivity contribution in [1.82, 2.24) is 14.3 Å². The standard InChI is InChI=1S/C15H12N5O3S/c16-7-10-3-1-2-4-13(10)24(22,23)20-6-5-11-8-18-15(14(17)21)19-12(11)9-20/h1-4H,5-6,9H2,(H2,17,21). The molecule has 0 fully saturated rings. The number of carbonyl (C=O) groups excluding carboxylic acids is 1. The second kappa shape index (κ2) is 5.99. The molecule has 1 radical (unpaired) electrons. The Bertz CT molecular complexity index is 965. The summed E-state index contributed by atoms with van der Waals surface area (Å²) < 4.78 is 26.9. The van der Waals surface area contributed by atoms with Gasteiger partial charge in [0.25, 0.3) is 5.91 Å². The van der Waals surface area contributed by atoms with Gasteiger partial charge < -0.3 is 5.73 Å². The van der Waals surface area contributed by atoms with Crippen molar-refractivity contribution in [1.29, 1.82) is 5.26 Å². The molecule has 1 aliphatic rings. The van der Waals surface area contributed by atoms with Gasteiger partial charge in [0.05, 0.1) is 28.9 Å². The highest BCUT2D eigenvalue weighted by Crippen LogP contribution is 2.25. The van der Waals surface area contributed by atoms with E-state index < -0.39 is 15.9 Å². The summed E-state index contributed by atoms with van der Waals surface area (Å²) in [4.78, 5) is 18.9. The average molecular weight is 342 g/mol. The summed E-state index contributed by atoms with van der Waals surface area (Å²) in [5, 5.41) is 9.13. The number of benzene rings is 1. The topological polar surface area (TPSA) is 130 Å². The van der Waals surface area contributed by atoms with Crippen LogP contribution < -0.4 is 5.73 Å². The smallest absolute Gasteiger partial charge is 0.286 e. The maximum absolute atomic E-state index is 12.8. The summed E-state index contributed by atoms with van der Waals surface area (Å²) >= 11 is 0. The number of aromatic nitrogens is 2. The van der Waals surface area contributed by atoms with E-state index in [1.165, 1.54) is 16.4 Å². The Kier molecular flexibility index (Phi) is 4.01. The first kappa shape index (κ1) is 16.0. The molecule has 0 aliphatic carbocycles. The van der Waals surface area contributed by atoms with Gasteiger partial charge in [-0.15, -0.1) is 0 Å². The average Bonchev–Trinajstić information content (AvgIpc) is 2.60. The van der Waals surface area contributed by atoms with Crippen LogP contribution in [0, 0.1) is 17.5 Å². The number of hydrogen-bond acceptors (Lipinski definition) is 6. The maximum atomic E-state index is 12.8. The van der Waals surface area contributed by atoms with E-state index in [2.05, 4.69) is 16.2 Å². The van der Waals surface area contributed by atoms with Gasteiger partial charge in [0, 0.05) is 12.1 Å².